The summed E-state index contributed by atoms with van der Waals surface area (Å²) in [6, 6.07) is 0. The minimum Gasteiger partial charge on any atom is -0.448 e. The molecule has 0 unspecified atom stereocenters. The van der Waals surface area contributed by atoms with Gasteiger partial charge in [0.05, 0.1) is 5.88 Å². The van der Waals surface area contributed by atoms with Gasteiger partial charge in [0.1, 0.15) is 6.61 Å². The van der Waals surface area contributed by atoms with Crippen molar-refractivity contribution < 1.29 is 14.3 Å². The SMILES string of the molecule is O=C(OCCCl)N1CCSC1=O. The van der Waals surface area contributed by atoms with Crippen molar-refractivity contribution in [3.8, 4) is 0 Å². The third-order valence-corrected chi connectivity index (χ3v) is 2.29. The smallest absolute Gasteiger partial charge is 0.417 e. The average Bonchev–Trinajstić information content (AvgIpc) is 2.47. The zero-order valence-electron chi connectivity index (χ0n) is 6.29. The van der Waals surface area contributed by atoms with E-state index < -0.39 is 6.09 Å². The standard InChI is InChI=1S/C6H8ClNO3S/c7-1-3-11-5(9)8-2-4-12-6(8)10/h1-4H2. The fraction of sp³-hybridized carbons (Fsp3) is 0.667. The number of alkyl halides is 1. The number of rotatable bonds is 2. The second-order valence-corrected chi connectivity index (χ2v) is 3.49. The van der Waals surface area contributed by atoms with Crippen LogP contribution in [0.5, 0.6) is 0 Å². The molecule has 2 amide bonds. The van der Waals surface area contributed by atoms with Crippen molar-refractivity contribution in [2.24, 2.45) is 0 Å². The molecule has 0 aliphatic carbocycles. The largest absolute Gasteiger partial charge is 0.448 e. The lowest BCUT2D eigenvalue weighted by atomic mass is 10.6. The van der Waals surface area contributed by atoms with E-state index in [1.165, 1.54) is 0 Å². The topological polar surface area (TPSA) is 46.6 Å². The number of nitrogens with zero attached hydrogens (tertiary/aromatic N) is 1. The maximum atomic E-state index is 11.0. The van der Waals surface area contributed by atoms with Crippen LogP contribution in [0, 0.1) is 0 Å². The van der Waals surface area contributed by atoms with E-state index >= 15 is 0 Å². The Kier molecular flexibility index (Phi) is 3.68. The van der Waals surface area contributed by atoms with Crippen molar-refractivity contribution in [3.63, 3.8) is 0 Å². The number of ether oxygens (including phenoxy) is 1. The summed E-state index contributed by atoms with van der Waals surface area (Å²) in [7, 11) is 0. The molecular weight excluding hydrogens is 202 g/mol. The van der Waals surface area contributed by atoms with E-state index in [-0.39, 0.29) is 17.7 Å². The van der Waals surface area contributed by atoms with Crippen LogP contribution >= 0.6 is 23.4 Å². The van der Waals surface area contributed by atoms with Gasteiger partial charge in [0.15, 0.2) is 0 Å². The Labute approximate surface area is 79.2 Å². The summed E-state index contributed by atoms with van der Waals surface area (Å²) in [6.07, 6.45) is -0.592. The van der Waals surface area contributed by atoms with Crippen molar-refractivity contribution in [1.29, 1.82) is 0 Å². The Balaban J connectivity index is 2.36. The van der Waals surface area contributed by atoms with E-state index in [0.717, 1.165) is 16.7 Å². The van der Waals surface area contributed by atoms with Crippen LogP contribution < -0.4 is 0 Å². The number of hydrogen-bond acceptors (Lipinski definition) is 4. The van der Waals surface area contributed by atoms with Crippen molar-refractivity contribution in [2.75, 3.05) is 24.8 Å². The van der Waals surface area contributed by atoms with E-state index in [2.05, 4.69) is 4.74 Å². The summed E-state index contributed by atoms with van der Waals surface area (Å²) in [5.41, 5.74) is 0. The highest BCUT2D eigenvalue weighted by Crippen LogP contribution is 2.17. The Morgan fingerprint density at radius 3 is 3.00 bits per heavy atom. The fourth-order valence-electron chi connectivity index (χ4n) is 0.763. The van der Waals surface area contributed by atoms with Crippen molar-refractivity contribution in [2.45, 2.75) is 0 Å². The van der Waals surface area contributed by atoms with Crippen LogP contribution in [0.3, 0.4) is 0 Å². The molecule has 1 saturated heterocycles. The number of thioether (sulfide) groups is 1. The van der Waals surface area contributed by atoms with Gasteiger partial charge in [-0.1, -0.05) is 11.8 Å². The highest BCUT2D eigenvalue weighted by molar-refractivity contribution is 8.13. The molecule has 4 nitrogen and oxygen atoms in total. The Hall–Kier alpha value is -0.420. The van der Waals surface area contributed by atoms with Gasteiger partial charge < -0.3 is 4.74 Å². The summed E-state index contributed by atoms with van der Waals surface area (Å²) in [5, 5.41) is -0.241. The zero-order valence-corrected chi connectivity index (χ0v) is 7.86. The maximum absolute atomic E-state index is 11.0. The molecule has 1 fully saturated rings. The van der Waals surface area contributed by atoms with Gasteiger partial charge in [-0.25, -0.2) is 9.69 Å². The summed E-state index contributed by atoms with van der Waals surface area (Å²) in [4.78, 5) is 23.0. The first-order valence-corrected chi connectivity index (χ1v) is 4.94. The zero-order chi connectivity index (χ0) is 8.97. The summed E-state index contributed by atoms with van der Waals surface area (Å²) >= 11 is 6.42. The molecule has 0 bridgehead atoms. The second kappa shape index (κ2) is 4.57. The van der Waals surface area contributed by atoms with Crippen LogP contribution in [0.15, 0.2) is 0 Å². The maximum Gasteiger partial charge on any atom is 0.417 e. The lowest BCUT2D eigenvalue weighted by Gasteiger charge is -2.11. The number of halogens is 1. The summed E-state index contributed by atoms with van der Waals surface area (Å²) < 4.78 is 4.67. The lowest BCUT2D eigenvalue weighted by molar-refractivity contribution is 0.123. The molecule has 0 atom stereocenters. The molecule has 0 aromatic heterocycles. The minimum atomic E-state index is -0.592. The first-order chi connectivity index (χ1) is 5.75. The minimum absolute atomic E-state index is 0.148. The normalized spacial score (nSPS) is 16.8. The van der Waals surface area contributed by atoms with E-state index in [9.17, 15) is 9.59 Å². The Morgan fingerprint density at radius 1 is 1.75 bits per heavy atom. The van der Waals surface area contributed by atoms with Gasteiger partial charge in [0.2, 0.25) is 0 Å². The Bertz CT molecular complexity index is 199. The molecule has 0 aromatic carbocycles. The monoisotopic (exact) mass is 209 g/mol. The number of imide groups is 1. The molecule has 0 saturated carbocycles. The fourth-order valence-corrected chi connectivity index (χ4v) is 1.61. The van der Waals surface area contributed by atoms with Crippen molar-refractivity contribution in [1.82, 2.24) is 4.90 Å². The molecular formula is C6H8ClNO3S. The van der Waals surface area contributed by atoms with Crippen LogP contribution in [0.4, 0.5) is 9.59 Å². The first kappa shape index (κ1) is 9.67. The predicted octanol–water partition coefficient (Wildman–Crippen LogP) is 1.53. The third-order valence-electron chi connectivity index (χ3n) is 1.28. The van der Waals surface area contributed by atoms with Gasteiger partial charge in [-0.15, -0.1) is 11.6 Å². The quantitative estimate of drug-likeness (QED) is 0.648. The number of carbonyl (C=O) groups excluding carboxylic acids is 2. The van der Waals surface area contributed by atoms with Gasteiger partial charge in [-0.3, -0.25) is 4.79 Å². The van der Waals surface area contributed by atoms with Crippen LogP contribution in [0.1, 0.15) is 0 Å². The molecule has 1 aliphatic rings. The summed E-state index contributed by atoms with van der Waals surface area (Å²) in [6.45, 7) is 0.583. The molecule has 0 aromatic rings. The average molecular weight is 210 g/mol. The van der Waals surface area contributed by atoms with Gasteiger partial charge in [0.25, 0.3) is 5.24 Å². The van der Waals surface area contributed by atoms with Crippen molar-refractivity contribution in [3.05, 3.63) is 0 Å². The van der Waals surface area contributed by atoms with Gasteiger partial charge in [-0.2, -0.15) is 0 Å². The molecule has 68 valence electrons. The third kappa shape index (κ3) is 2.28. The summed E-state index contributed by atoms with van der Waals surface area (Å²) in [5.74, 6) is 0.899. The predicted molar refractivity (Wildman–Crippen MR) is 46.6 cm³/mol. The van der Waals surface area contributed by atoms with Gasteiger partial charge in [-0.05, 0) is 0 Å². The molecule has 1 aliphatic heterocycles. The molecule has 12 heavy (non-hydrogen) atoms. The van der Waals surface area contributed by atoms with Gasteiger partial charge in [0, 0.05) is 12.3 Å². The molecule has 1 heterocycles. The van der Waals surface area contributed by atoms with Crippen molar-refractivity contribution >= 4 is 34.7 Å². The molecule has 0 spiro atoms. The Morgan fingerprint density at radius 2 is 2.50 bits per heavy atom. The molecule has 1 rings (SSSR count). The first-order valence-electron chi connectivity index (χ1n) is 3.42. The van der Waals surface area contributed by atoms with Crippen LogP contribution in [-0.2, 0) is 4.74 Å². The number of amides is 2. The second-order valence-electron chi connectivity index (χ2n) is 2.07. The van der Waals surface area contributed by atoms with E-state index in [1.54, 1.807) is 0 Å². The van der Waals surface area contributed by atoms with E-state index in [4.69, 9.17) is 11.6 Å². The number of hydrogen-bond donors (Lipinski definition) is 0. The van der Waals surface area contributed by atoms with Crippen LogP contribution in [0.25, 0.3) is 0 Å². The molecule has 6 heteroatoms. The lowest BCUT2D eigenvalue weighted by Crippen LogP contribution is -2.31. The highest BCUT2D eigenvalue weighted by atomic mass is 35.5. The van der Waals surface area contributed by atoms with Crippen LogP contribution in [-0.4, -0.2) is 41.0 Å². The number of carbonyl (C=O) groups is 2. The molecule has 0 radical (unpaired) electrons. The van der Waals surface area contributed by atoms with Gasteiger partial charge >= 0.3 is 6.09 Å². The van der Waals surface area contributed by atoms with Crippen LogP contribution in [0.2, 0.25) is 0 Å². The van der Waals surface area contributed by atoms with E-state index in [0.29, 0.717) is 12.3 Å². The molecule has 0 N–H and O–H groups in total. The highest BCUT2D eigenvalue weighted by Gasteiger charge is 2.28. The van der Waals surface area contributed by atoms with E-state index in [1.807, 2.05) is 0 Å².